The Kier molecular flexibility index (Phi) is 8.24. The van der Waals surface area contributed by atoms with Crippen molar-refractivity contribution in [2.75, 3.05) is 32.8 Å². The summed E-state index contributed by atoms with van der Waals surface area (Å²) < 4.78 is 38.2. The number of hydrogen-bond acceptors (Lipinski definition) is 5. The summed E-state index contributed by atoms with van der Waals surface area (Å²) in [6, 6.07) is 5.22. The maximum atomic E-state index is 12.5. The van der Waals surface area contributed by atoms with Gasteiger partial charge in [-0.1, -0.05) is 13.0 Å². The Bertz CT molecular complexity index is 561. The van der Waals surface area contributed by atoms with Crippen LogP contribution in [0.5, 0.6) is 5.75 Å². The minimum absolute atomic E-state index is 0.137. The van der Waals surface area contributed by atoms with Crippen LogP contribution in [0.15, 0.2) is 23.1 Å². The fourth-order valence-electron chi connectivity index (χ4n) is 1.98. The van der Waals surface area contributed by atoms with Crippen LogP contribution in [0, 0.1) is 0 Å². The second-order valence-electron chi connectivity index (χ2n) is 4.83. The third-order valence-electron chi connectivity index (χ3n) is 3.40. The standard InChI is InChI=1S/C15H25NO4S2/c1-5-12-6-7-14(20-3)15(10-12)22(17,18)16-11-13(19-2)8-9-21-4/h6-7,10,13,16H,5,8-9,11H2,1-4H3. The van der Waals surface area contributed by atoms with Crippen LogP contribution >= 0.6 is 11.8 Å². The lowest BCUT2D eigenvalue weighted by molar-refractivity contribution is 0.104. The molecule has 1 aromatic carbocycles. The lowest BCUT2D eigenvalue weighted by Gasteiger charge is -2.17. The first kappa shape index (κ1) is 19.3. The summed E-state index contributed by atoms with van der Waals surface area (Å²) in [5.74, 6) is 1.28. The third kappa shape index (κ3) is 5.46. The minimum atomic E-state index is -3.63. The van der Waals surface area contributed by atoms with Crippen LogP contribution in [0.4, 0.5) is 0 Å². The molecule has 0 amide bonds. The first-order chi connectivity index (χ1) is 10.5. The van der Waals surface area contributed by atoms with Crippen LogP contribution in [0.1, 0.15) is 18.9 Å². The normalized spacial score (nSPS) is 13.1. The van der Waals surface area contributed by atoms with E-state index in [0.717, 1.165) is 24.2 Å². The van der Waals surface area contributed by atoms with Gasteiger partial charge in [0.2, 0.25) is 10.0 Å². The van der Waals surface area contributed by atoms with Crippen LogP contribution < -0.4 is 9.46 Å². The summed E-state index contributed by atoms with van der Waals surface area (Å²) >= 11 is 1.71. The summed E-state index contributed by atoms with van der Waals surface area (Å²) in [6.45, 7) is 2.23. The van der Waals surface area contributed by atoms with E-state index in [4.69, 9.17) is 9.47 Å². The van der Waals surface area contributed by atoms with E-state index in [1.165, 1.54) is 7.11 Å². The average molecular weight is 348 g/mol. The van der Waals surface area contributed by atoms with Gasteiger partial charge < -0.3 is 9.47 Å². The molecule has 0 aliphatic rings. The highest BCUT2D eigenvalue weighted by Gasteiger charge is 2.21. The van der Waals surface area contributed by atoms with Crippen molar-refractivity contribution in [3.05, 3.63) is 23.8 Å². The van der Waals surface area contributed by atoms with E-state index in [1.54, 1.807) is 31.0 Å². The predicted molar refractivity (Wildman–Crippen MR) is 91.4 cm³/mol. The molecule has 0 saturated carbocycles. The van der Waals surface area contributed by atoms with Gasteiger partial charge in [0.15, 0.2) is 0 Å². The predicted octanol–water partition coefficient (Wildman–Crippen LogP) is 2.30. The first-order valence-corrected chi connectivity index (χ1v) is 10.0. The third-order valence-corrected chi connectivity index (χ3v) is 5.49. The van der Waals surface area contributed by atoms with Gasteiger partial charge in [-0.15, -0.1) is 0 Å². The minimum Gasteiger partial charge on any atom is -0.495 e. The van der Waals surface area contributed by atoms with Crippen molar-refractivity contribution < 1.29 is 17.9 Å². The maximum absolute atomic E-state index is 12.5. The molecule has 7 heteroatoms. The fourth-order valence-corrected chi connectivity index (χ4v) is 3.77. The molecule has 0 radical (unpaired) electrons. The zero-order chi connectivity index (χ0) is 16.6. The fraction of sp³-hybridized carbons (Fsp3) is 0.600. The van der Waals surface area contributed by atoms with Gasteiger partial charge in [-0.2, -0.15) is 11.8 Å². The van der Waals surface area contributed by atoms with E-state index in [9.17, 15) is 8.42 Å². The lowest BCUT2D eigenvalue weighted by Crippen LogP contribution is -2.33. The molecule has 1 rings (SSSR count). The first-order valence-electron chi connectivity index (χ1n) is 7.16. The molecule has 5 nitrogen and oxygen atoms in total. The summed E-state index contributed by atoms with van der Waals surface area (Å²) in [7, 11) is -0.564. The van der Waals surface area contributed by atoms with Gasteiger partial charge >= 0.3 is 0 Å². The second-order valence-corrected chi connectivity index (χ2v) is 7.55. The van der Waals surface area contributed by atoms with Crippen LogP contribution in [0.25, 0.3) is 0 Å². The lowest BCUT2D eigenvalue weighted by atomic mass is 10.2. The van der Waals surface area contributed by atoms with Gasteiger partial charge in [-0.05, 0) is 42.5 Å². The number of sulfonamides is 1. The summed E-state index contributed by atoms with van der Waals surface area (Å²) in [5.41, 5.74) is 0.951. The quantitative estimate of drug-likeness (QED) is 0.703. The molecule has 1 atom stereocenters. The van der Waals surface area contributed by atoms with Gasteiger partial charge in [0.05, 0.1) is 13.2 Å². The van der Waals surface area contributed by atoms with Crippen molar-refractivity contribution >= 4 is 21.8 Å². The zero-order valence-electron chi connectivity index (χ0n) is 13.6. The molecule has 0 aromatic heterocycles. The largest absolute Gasteiger partial charge is 0.495 e. The van der Waals surface area contributed by atoms with Gasteiger partial charge in [0, 0.05) is 13.7 Å². The highest BCUT2D eigenvalue weighted by Crippen LogP contribution is 2.25. The Labute approximate surface area is 137 Å². The van der Waals surface area contributed by atoms with Crippen molar-refractivity contribution in [2.45, 2.75) is 30.8 Å². The number of aryl methyl sites for hydroxylation is 1. The topological polar surface area (TPSA) is 64.6 Å². The molecular formula is C15H25NO4S2. The second kappa shape index (κ2) is 9.39. The Morgan fingerprint density at radius 2 is 2.05 bits per heavy atom. The smallest absolute Gasteiger partial charge is 0.244 e. The Morgan fingerprint density at radius 3 is 2.59 bits per heavy atom. The van der Waals surface area contributed by atoms with Crippen LogP contribution in [0.2, 0.25) is 0 Å². The molecular weight excluding hydrogens is 322 g/mol. The van der Waals surface area contributed by atoms with E-state index >= 15 is 0 Å². The average Bonchev–Trinajstić information content (AvgIpc) is 2.54. The Morgan fingerprint density at radius 1 is 1.32 bits per heavy atom. The molecule has 0 aliphatic carbocycles. The maximum Gasteiger partial charge on any atom is 0.244 e. The highest BCUT2D eigenvalue weighted by molar-refractivity contribution is 7.98. The molecule has 0 spiro atoms. The number of rotatable bonds is 10. The van der Waals surface area contributed by atoms with E-state index in [0.29, 0.717) is 5.75 Å². The summed E-state index contributed by atoms with van der Waals surface area (Å²) in [4.78, 5) is 0.175. The zero-order valence-corrected chi connectivity index (χ0v) is 15.2. The van der Waals surface area contributed by atoms with E-state index < -0.39 is 10.0 Å². The molecule has 1 aromatic rings. The molecule has 1 N–H and O–H groups in total. The van der Waals surface area contributed by atoms with Crippen molar-refractivity contribution in [1.29, 1.82) is 0 Å². The molecule has 126 valence electrons. The van der Waals surface area contributed by atoms with Crippen molar-refractivity contribution in [3.63, 3.8) is 0 Å². The van der Waals surface area contributed by atoms with Gasteiger partial charge in [0.1, 0.15) is 10.6 Å². The van der Waals surface area contributed by atoms with E-state index in [-0.39, 0.29) is 17.5 Å². The number of hydrogen-bond donors (Lipinski definition) is 1. The molecule has 0 fully saturated rings. The van der Waals surface area contributed by atoms with Crippen LogP contribution in [-0.2, 0) is 21.2 Å². The van der Waals surface area contributed by atoms with Crippen LogP contribution in [-0.4, -0.2) is 47.3 Å². The molecule has 22 heavy (non-hydrogen) atoms. The molecule has 0 bridgehead atoms. The number of thioether (sulfide) groups is 1. The van der Waals surface area contributed by atoms with E-state index in [2.05, 4.69) is 4.72 Å². The van der Waals surface area contributed by atoms with Crippen molar-refractivity contribution in [3.8, 4) is 5.75 Å². The van der Waals surface area contributed by atoms with E-state index in [1.807, 2.05) is 19.2 Å². The highest BCUT2D eigenvalue weighted by atomic mass is 32.2. The van der Waals surface area contributed by atoms with Crippen LogP contribution in [0.3, 0.4) is 0 Å². The van der Waals surface area contributed by atoms with Gasteiger partial charge in [-0.3, -0.25) is 0 Å². The van der Waals surface area contributed by atoms with Crippen molar-refractivity contribution in [1.82, 2.24) is 4.72 Å². The van der Waals surface area contributed by atoms with Gasteiger partial charge in [0.25, 0.3) is 0 Å². The van der Waals surface area contributed by atoms with Crippen molar-refractivity contribution in [2.24, 2.45) is 0 Å². The monoisotopic (exact) mass is 347 g/mol. The SMILES string of the molecule is CCc1ccc(OC)c(S(=O)(=O)NCC(CCSC)OC)c1. The number of methoxy groups -OCH3 is 2. The summed E-state index contributed by atoms with van der Waals surface area (Å²) in [5, 5.41) is 0. The summed E-state index contributed by atoms with van der Waals surface area (Å²) in [6.07, 6.45) is 3.44. The number of benzene rings is 1. The number of nitrogens with one attached hydrogen (secondary N) is 1. The Hall–Kier alpha value is -0.760. The molecule has 0 aliphatic heterocycles. The molecule has 0 saturated heterocycles. The number of ether oxygens (including phenoxy) is 2. The molecule has 0 heterocycles. The molecule has 1 unspecified atom stereocenters. The van der Waals surface area contributed by atoms with Gasteiger partial charge in [-0.25, -0.2) is 13.1 Å². The Balaban J connectivity index is 2.89.